The van der Waals surface area contributed by atoms with Gasteiger partial charge in [0.1, 0.15) is 5.75 Å². The molecule has 9 heteroatoms. The SMILES string of the molecule is COc1c(Cl)ccc(Cl)c1C(=O)P(=O)(C(=O)c1c(Cl)cccc1Cl)c1ccccc1. The summed E-state index contributed by atoms with van der Waals surface area (Å²) in [4.78, 5) is 27.2. The first-order chi connectivity index (χ1) is 14.2. The molecule has 0 aliphatic carbocycles. The second-order valence-corrected chi connectivity index (χ2v) is 10.3. The molecule has 0 saturated heterocycles. The van der Waals surface area contributed by atoms with Crippen LogP contribution >= 0.6 is 53.5 Å². The first-order valence-corrected chi connectivity index (χ1v) is 11.7. The van der Waals surface area contributed by atoms with E-state index in [2.05, 4.69) is 0 Å². The molecule has 4 nitrogen and oxygen atoms in total. The second-order valence-electron chi connectivity index (χ2n) is 6.09. The van der Waals surface area contributed by atoms with Crippen molar-refractivity contribution in [2.45, 2.75) is 0 Å². The summed E-state index contributed by atoms with van der Waals surface area (Å²) < 4.78 is 19.5. The Balaban J connectivity index is 2.34. The molecule has 154 valence electrons. The van der Waals surface area contributed by atoms with Crippen LogP contribution in [-0.4, -0.2) is 18.2 Å². The maximum absolute atomic E-state index is 14.3. The highest BCUT2D eigenvalue weighted by Gasteiger charge is 2.46. The Morgan fingerprint density at radius 3 is 1.77 bits per heavy atom. The molecule has 0 bridgehead atoms. The summed E-state index contributed by atoms with van der Waals surface area (Å²) >= 11 is 24.7. The van der Waals surface area contributed by atoms with Gasteiger partial charge in [-0.05, 0) is 24.3 Å². The van der Waals surface area contributed by atoms with Crippen LogP contribution in [0.25, 0.3) is 0 Å². The van der Waals surface area contributed by atoms with Gasteiger partial charge in [-0.2, -0.15) is 0 Å². The van der Waals surface area contributed by atoms with Crippen molar-refractivity contribution >= 4 is 69.9 Å². The Morgan fingerprint density at radius 1 is 0.700 bits per heavy atom. The first-order valence-electron chi connectivity index (χ1n) is 8.45. The molecule has 3 aromatic carbocycles. The van der Waals surface area contributed by atoms with Gasteiger partial charge in [0.2, 0.25) is 18.2 Å². The van der Waals surface area contributed by atoms with Gasteiger partial charge in [0, 0.05) is 5.30 Å². The number of carbonyl (C=O) groups excluding carboxylic acids is 2. The van der Waals surface area contributed by atoms with Crippen LogP contribution in [-0.2, 0) is 4.57 Å². The van der Waals surface area contributed by atoms with E-state index in [9.17, 15) is 14.2 Å². The van der Waals surface area contributed by atoms with Crippen molar-refractivity contribution in [1.29, 1.82) is 0 Å². The number of hydrogen-bond acceptors (Lipinski definition) is 4. The van der Waals surface area contributed by atoms with Gasteiger partial charge in [-0.25, -0.2) is 0 Å². The molecule has 0 fully saturated rings. The Bertz CT molecular complexity index is 1170. The van der Waals surface area contributed by atoms with Crippen LogP contribution in [0.3, 0.4) is 0 Å². The molecule has 1 atom stereocenters. The molecule has 0 aliphatic rings. The molecule has 0 amide bonds. The van der Waals surface area contributed by atoms with Crippen molar-refractivity contribution in [3.8, 4) is 5.75 Å². The minimum atomic E-state index is -4.51. The number of rotatable bonds is 6. The zero-order valence-electron chi connectivity index (χ0n) is 15.4. The Hall–Kier alpha value is -1.81. The van der Waals surface area contributed by atoms with Crippen LogP contribution in [0.5, 0.6) is 5.75 Å². The molecule has 0 aromatic heterocycles. The van der Waals surface area contributed by atoms with E-state index in [4.69, 9.17) is 51.1 Å². The molecule has 1 unspecified atom stereocenters. The standard InChI is InChI=1S/C21H13Cl4O4P/c1-29-19-16(25)11-10-15(24)18(19)21(27)30(28,12-6-3-2-4-7-12)20(26)17-13(22)8-5-9-14(17)23/h2-11H,1H3. The Morgan fingerprint density at radius 2 is 1.20 bits per heavy atom. The van der Waals surface area contributed by atoms with Gasteiger partial charge in [-0.1, -0.05) is 82.8 Å². The topological polar surface area (TPSA) is 60.4 Å². The average molecular weight is 502 g/mol. The predicted molar refractivity (Wildman–Crippen MR) is 122 cm³/mol. The van der Waals surface area contributed by atoms with Gasteiger partial charge in [0.05, 0.1) is 38.3 Å². The van der Waals surface area contributed by atoms with Gasteiger partial charge in [-0.15, -0.1) is 0 Å². The molecule has 3 rings (SSSR count). The minimum absolute atomic E-state index is 0.00841. The van der Waals surface area contributed by atoms with Crippen molar-refractivity contribution in [1.82, 2.24) is 0 Å². The third kappa shape index (κ3) is 3.91. The smallest absolute Gasteiger partial charge is 0.249 e. The number of halogens is 4. The van der Waals surface area contributed by atoms with E-state index in [1.807, 2.05) is 0 Å². The highest BCUT2D eigenvalue weighted by Crippen LogP contribution is 2.55. The van der Waals surface area contributed by atoms with E-state index >= 15 is 0 Å². The molecule has 0 heterocycles. The van der Waals surface area contributed by atoms with E-state index < -0.39 is 18.2 Å². The summed E-state index contributed by atoms with van der Waals surface area (Å²) in [5, 5.41) is -0.0288. The van der Waals surface area contributed by atoms with Crippen LogP contribution in [0.1, 0.15) is 20.7 Å². The van der Waals surface area contributed by atoms with E-state index in [0.717, 1.165) is 0 Å². The molecule has 3 aromatic rings. The van der Waals surface area contributed by atoms with Crippen LogP contribution < -0.4 is 10.0 Å². The quantitative estimate of drug-likeness (QED) is 0.342. The monoisotopic (exact) mass is 500 g/mol. The fraction of sp³-hybridized carbons (Fsp3) is 0.0476. The largest absolute Gasteiger partial charge is 0.494 e. The van der Waals surface area contributed by atoms with E-state index in [0.29, 0.717) is 0 Å². The number of benzene rings is 3. The summed E-state index contributed by atoms with van der Waals surface area (Å²) in [5.74, 6) is -0.0802. The van der Waals surface area contributed by atoms with Crippen LogP contribution in [0, 0.1) is 0 Å². The van der Waals surface area contributed by atoms with E-state index in [-0.39, 0.29) is 42.3 Å². The van der Waals surface area contributed by atoms with Crippen molar-refractivity contribution < 1.29 is 18.9 Å². The predicted octanol–water partition coefficient (Wildman–Crippen LogP) is 6.98. The zero-order chi connectivity index (χ0) is 22.1. The van der Waals surface area contributed by atoms with E-state index in [1.54, 1.807) is 18.2 Å². The lowest BCUT2D eigenvalue weighted by Gasteiger charge is -2.20. The van der Waals surface area contributed by atoms with Crippen LogP contribution in [0.15, 0.2) is 60.7 Å². The average Bonchev–Trinajstić information content (AvgIpc) is 2.74. The molecule has 30 heavy (non-hydrogen) atoms. The summed E-state index contributed by atoms with van der Waals surface area (Å²) in [6.45, 7) is 0. The molecular formula is C21H13Cl4O4P. The lowest BCUT2D eigenvalue weighted by atomic mass is 10.2. The summed E-state index contributed by atoms with van der Waals surface area (Å²) in [7, 11) is -3.22. The van der Waals surface area contributed by atoms with Crippen molar-refractivity contribution in [3.05, 3.63) is 91.9 Å². The summed E-state index contributed by atoms with van der Waals surface area (Å²) in [6.07, 6.45) is 0. The minimum Gasteiger partial charge on any atom is -0.494 e. The van der Waals surface area contributed by atoms with Crippen molar-refractivity contribution in [2.75, 3.05) is 7.11 Å². The molecule has 0 saturated carbocycles. The highest BCUT2D eigenvalue weighted by atomic mass is 35.5. The normalized spacial score (nSPS) is 12.8. The Labute approximate surface area is 193 Å². The number of carbonyl (C=O) groups is 2. The lowest BCUT2D eigenvalue weighted by molar-refractivity contribution is 0.104. The third-order valence-electron chi connectivity index (χ3n) is 4.35. The van der Waals surface area contributed by atoms with Gasteiger partial charge in [0.15, 0.2) is 0 Å². The number of methoxy groups -OCH3 is 1. The van der Waals surface area contributed by atoms with Crippen molar-refractivity contribution in [2.24, 2.45) is 0 Å². The highest BCUT2D eigenvalue weighted by molar-refractivity contribution is 8.01. The van der Waals surface area contributed by atoms with Gasteiger partial charge in [0.25, 0.3) is 0 Å². The third-order valence-corrected chi connectivity index (χ3v) is 8.20. The molecule has 0 N–H and O–H groups in total. The summed E-state index contributed by atoms with van der Waals surface area (Å²) in [5.41, 5.74) is -2.50. The van der Waals surface area contributed by atoms with Gasteiger partial charge >= 0.3 is 0 Å². The fourth-order valence-corrected chi connectivity index (χ4v) is 6.49. The number of hydrogen-bond donors (Lipinski definition) is 0. The Kier molecular flexibility index (Phi) is 6.96. The van der Waals surface area contributed by atoms with Gasteiger partial charge in [-0.3, -0.25) is 9.59 Å². The fourth-order valence-electron chi connectivity index (χ4n) is 2.91. The molecule has 0 radical (unpaired) electrons. The van der Waals surface area contributed by atoms with E-state index in [1.165, 1.54) is 49.6 Å². The van der Waals surface area contributed by atoms with Crippen molar-refractivity contribution in [3.63, 3.8) is 0 Å². The van der Waals surface area contributed by atoms with Crippen LogP contribution in [0.2, 0.25) is 20.1 Å². The molecular weight excluding hydrogens is 489 g/mol. The number of ether oxygens (including phenoxy) is 1. The molecule has 0 aliphatic heterocycles. The summed E-state index contributed by atoms with van der Waals surface area (Å²) in [6, 6.07) is 14.8. The maximum Gasteiger partial charge on any atom is 0.249 e. The maximum atomic E-state index is 14.3. The second kappa shape index (κ2) is 9.13. The van der Waals surface area contributed by atoms with Crippen LogP contribution in [0.4, 0.5) is 0 Å². The zero-order valence-corrected chi connectivity index (χ0v) is 19.3. The molecule has 0 spiro atoms. The van der Waals surface area contributed by atoms with Gasteiger partial charge < -0.3 is 9.30 Å². The first kappa shape index (κ1) is 22.9. The lowest BCUT2D eigenvalue weighted by Crippen LogP contribution is -2.21.